The molecule has 116 valence electrons. The molecule has 0 bridgehead atoms. The maximum atomic E-state index is 13.9. The summed E-state index contributed by atoms with van der Waals surface area (Å²) in [6, 6.07) is 1.13. The molecule has 2 rings (SSSR count). The van der Waals surface area contributed by atoms with Crippen molar-refractivity contribution in [3.8, 4) is 0 Å². The Labute approximate surface area is 121 Å². The van der Waals surface area contributed by atoms with E-state index >= 15 is 0 Å². The van der Waals surface area contributed by atoms with Gasteiger partial charge in [0.15, 0.2) is 5.82 Å². The van der Waals surface area contributed by atoms with Gasteiger partial charge in [-0.2, -0.15) is 0 Å². The summed E-state index contributed by atoms with van der Waals surface area (Å²) in [4.78, 5) is 9.05. The predicted octanol–water partition coefficient (Wildman–Crippen LogP) is 1.78. The maximum Gasteiger partial charge on any atom is 0.274 e. The van der Waals surface area contributed by atoms with Crippen LogP contribution in [0.3, 0.4) is 0 Å². The highest BCUT2D eigenvalue weighted by Gasteiger charge is 2.32. The molecule has 0 heterocycles. The van der Waals surface area contributed by atoms with Gasteiger partial charge in [-0.1, -0.05) is 13.3 Å². The average Bonchev–Trinajstić information content (AvgIpc) is 2.72. The van der Waals surface area contributed by atoms with Gasteiger partial charge in [0.05, 0.1) is 16.7 Å². The fraction of sp³-hybridized carbons (Fsp3) is 0.500. The molecule has 0 spiro atoms. The molecule has 0 aliphatic heterocycles. The predicted molar refractivity (Wildman–Crippen MR) is 74.6 cm³/mol. The topological polar surface area (TPSA) is 115 Å². The summed E-state index contributed by atoms with van der Waals surface area (Å²) in [7, 11) is -4.15. The zero-order chi connectivity index (χ0) is 15.8. The van der Waals surface area contributed by atoms with Gasteiger partial charge in [-0.25, -0.2) is 17.5 Å². The standard InChI is InChI=1S/C12H16FN3O4S/c1-7-3-2-4-11(7)15-21(19,20)12-9(13)5-8(16(17)18)6-10(12)14/h5-7,11,15H,2-4,14H2,1H3. The Kier molecular flexibility index (Phi) is 4.15. The van der Waals surface area contributed by atoms with Crippen LogP contribution < -0.4 is 10.5 Å². The normalized spacial score (nSPS) is 22.4. The smallest absolute Gasteiger partial charge is 0.274 e. The first-order valence-electron chi connectivity index (χ1n) is 6.48. The highest BCUT2D eigenvalue weighted by Crippen LogP contribution is 2.30. The summed E-state index contributed by atoms with van der Waals surface area (Å²) in [6.45, 7) is 1.91. The molecule has 0 aromatic heterocycles. The van der Waals surface area contributed by atoms with Gasteiger partial charge in [0.1, 0.15) is 4.90 Å². The van der Waals surface area contributed by atoms with E-state index in [1.165, 1.54) is 0 Å². The second kappa shape index (κ2) is 5.57. The number of rotatable bonds is 4. The van der Waals surface area contributed by atoms with Crippen LogP contribution in [0, 0.1) is 21.8 Å². The first-order chi connectivity index (χ1) is 9.72. The monoisotopic (exact) mass is 317 g/mol. The molecule has 2 atom stereocenters. The van der Waals surface area contributed by atoms with Gasteiger partial charge in [-0.05, 0) is 18.8 Å². The Morgan fingerprint density at radius 2 is 2.10 bits per heavy atom. The van der Waals surface area contributed by atoms with Crippen molar-refractivity contribution < 1.29 is 17.7 Å². The largest absolute Gasteiger partial charge is 0.397 e. The number of halogens is 1. The highest BCUT2D eigenvalue weighted by molar-refractivity contribution is 7.89. The molecule has 0 radical (unpaired) electrons. The lowest BCUT2D eigenvalue weighted by Gasteiger charge is -2.18. The number of nitrogens with zero attached hydrogens (tertiary/aromatic N) is 1. The number of nitrogens with one attached hydrogen (secondary N) is 1. The van der Waals surface area contributed by atoms with Gasteiger partial charge < -0.3 is 5.73 Å². The summed E-state index contributed by atoms with van der Waals surface area (Å²) in [6.07, 6.45) is 2.47. The van der Waals surface area contributed by atoms with Crippen molar-refractivity contribution in [2.45, 2.75) is 37.1 Å². The molecule has 21 heavy (non-hydrogen) atoms. The van der Waals surface area contributed by atoms with Gasteiger partial charge in [0.25, 0.3) is 5.69 Å². The molecule has 1 aromatic carbocycles. The minimum absolute atomic E-state index is 0.155. The highest BCUT2D eigenvalue weighted by atomic mass is 32.2. The summed E-state index contributed by atoms with van der Waals surface area (Å²) in [5.74, 6) is -1.07. The molecule has 1 aliphatic carbocycles. The number of sulfonamides is 1. The van der Waals surface area contributed by atoms with Crippen molar-refractivity contribution in [3.63, 3.8) is 0 Å². The van der Waals surface area contributed by atoms with Gasteiger partial charge in [0, 0.05) is 12.1 Å². The lowest BCUT2D eigenvalue weighted by molar-refractivity contribution is -0.385. The summed E-state index contributed by atoms with van der Waals surface area (Å²) in [5.41, 5.74) is 4.43. The Morgan fingerprint density at radius 3 is 2.57 bits per heavy atom. The summed E-state index contributed by atoms with van der Waals surface area (Å²) in [5, 5.41) is 10.6. The molecule has 3 N–H and O–H groups in total. The first kappa shape index (κ1) is 15.6. The molecule has 0 saturated heterocycles. The molecule has 1 fully saturated rings. The molecule has 7 nitrogen and oxygen atoms in total. The first-order valence-corrected chi connectivity index (χ1v) is 7.96. The van der Waals surface area contributed by atoms with Crippen LogP contribution in [0.5, 0.6) is 0 Å². The Bertz CT molecular complexity index is 654. The van der Waals surface area contributed by atoms with Crippen molar-refractivity contribution in [2.75, 3.05) is 5.73 Å². The molecular weight excluding hydrogens is 301 g/mol. The number of nitrogen functional groups attached to an aromatic ring is 1. The van der Waals surface area contributed by atoms with Crippen LogP contribution in [-0.4, -0.2) is 19.4 Å². The number of non-ortho nitro benzene ring substituents is 1. The van der Waals surface area contributed by atoms with Crippen LogP contribution >= 0.6 is 0 Å². The number of benzene rings is 1. The lowest BCUT2D eigenvalue weighted by Crippen LogP contribution is -2.37. The molecule has 2 unspecified atom stereocenters. The molecule has 1 aromatic rings. The summed E-state index contributed by atoms with van der Waals surface area (Å²) < 4.78 is 40.9. The van der Waals surface area contributed by atoms with Gasteiger partial charge in [-0.15, -0.1) is 0 Å². The second-order valence-electron chi connectivity index (χ2n) is 5.24. The van der Waals surface area contributed by atoms with E-state index in [2.05, 4.69) is 4.72 Å². The van der Waals surface area contributed by atoms with E-state index in [0.29, 0.717) is 12.5 Å². The number of hydrogen-bond donors (Lipinski definition) is 2. The van der Waals surface area contributed by atoms with Crippen LogP contribution in [0.15, 0.2) is 17.0 Å². The van der Waals surface area contributed by atoms with Crippen LogP contribution in [0.2, 0.25) is 0 Å². The SMILES string of the molecule is CC1CCCC1NS(=O)(=O)c1c(N)cc([N+](=O)[O-])cc1F. The Hall–Kier alpha value is -1.74. The molecule has 9 heteroatoms. The number of nitro benzene ring substituents is 1. The third kappa shape index (κ3) is 3.13. The minimum Gasteiger partial charge on any atom is -0.397 e. The van der Waals surface area contributed by atoms with Crippen molar-refractivity contribution in [3.05, 3.63) is 28.1 Å². The van der Waals surface area contributed by atoms with Crippen LogP contribution in [0.25, 0.3) is 0 Å². The fourth-order valence-electron chi connectivity index (χ4n) is 2.57. The third-order valence-electron chi connectivity index (χ3n) is 3.70. The van der Waals surface area contributed by atoms with Crippen molar-refractivity contribution in [1.82, 2.24) is 4.72 Å². The number of nitrogens with two attached hydrogens (primary N) is 1. The minimum atomic E-state index is -4.15. The third-order valence-corrected chi connectivity index (χ3v) is 5.29. The van der Waals surface area contributed by atoms with Crippen LogP contribution in [-0.2, 0) is 10.0 Å². The van der Waals surface area contributed by atoms with Crippen molar-refractivity contribution >= 4 is 21.4 Å². The fourth-order valence-corrected chi connectivity index (χ4v) is 4.12. The van der Waals surface area contributed by atoms with E-state index in [0.717, 1.165) is 18.9 Å². The van der Waals surface area contributed by atoms with Gasteiger partial charge in [-0.3, -0.25) is 10.1 Å². The van der Waals surface area contributed by atoms with Crippen molar-refractivity contribution in [1.29, 1.82) is 0 Å². The molecule has 1 saturated carbocycles. The maximum absolute atomic E-state index is 13.9. The quantitative estimate of drug-likeness (QED) is 0.499. The lowest BCUT2D eigenvalue weighted by atomic mass is 10.1. The Balaban J connectivity index is 2.38. The van der Waals surface area contributed by atoms with E-state index in [4.69, 9.17) is 5.73 Å². The number of nitro groups is 1. The van der Waals surface area contributed by atoms with Crippen LogP contribution in [0.4, 0.5) is 15.8 Å². The summed E-state index contributed by atoms with van der Waals surface area (Å²) >= 11 is 0. The van der Waals surface area contributed by atoms with E-state index in [1.807, 2.05) is 6.92 Å². The van der Waals surface area contributed by atoms with Crippen LogP contribution in [0.1, 0.15) is 26.2 Å². The molecule has 1 aliphatic rings. The van der Waals surface area contributed by atoms with E-state index in [-0.39, 0.29) is 12.0 Å². The molecule has 0 amide bonds. The Morgan fingerprint density at radius 1 is 1.43 bits per heavy atom. The van der Waals surface area contributed by atoms with E-state index in [9.17, 15) is 22.9 Å². The van der Waals surface area contributed by atoms with Gasteiger partial charge in [0.2, 0.25) is 10.0 Å². The average molecular weight is 317 g/mol. The zero-order valence-corrected chi connectivity index (χ0v) is 12.2. The van der Waals surface area contributed by atoms with Gasteiger partial charge >= 0.3 is 0 Å². The number of hydrogen-bond acceptors (Lipinski definition) is 5. The second-order valence-corrected chi connectivity index (χ2v) is 6.89. The van der Waals surface area contributed by atoms with Crippen molar-refractivity contribution in [2.24, 2.45) is 5.92 Å². The van der Waals surface area contributed by atoms with E-state index in [1.54, 1.807) is 0 Å². The van der Waals surface area contributed by atoms with E-state index < -0.39 is 37.0 Å². The number of anilines is 1. The molecular formula is C12H16FN3O4S. The zero-order valence-electron chi connectivity index (χ0n) is 11.4.